The largest absolute Gasteiger partial charge is 0.268 e. The molecule has 2 aromatic carbocycles. The molecule has 22 heavy (non-hydrogen) atoms. The van der Waals surface area contributed by atoms with E-state index >= 15 is 0 Å². The molecule has 3 nitrogen and oxygen atoms in total. The normalized spacial score (nSPS) is 11.2. The molecule has 0 aliphatic carbocycles. The van der Waals surface area contributed by atoms with Crippen LogP contribution in [-0.4, -0.2) is 13.3 Å². The topological polar surface area (TPSA) is 19.5 Å². The van der Waals surface area contributed by atoms with Crippen LogP contribution in [0, 0.1) is 0 Å². The van der Waals surface area contributed by atoms with Gasteiger partial charge in [-0.1, -0.05) is 30.3 Å². The smallest absolute Gasteiger partial charge is 0.225 e. The van der Waals surface area contributed by atoms with Crippen LogP contribution in [0.4, 0.5) is 5.69 Å². The Morgan fingerprint density at radius 1 is 0.955 bits per heavy atom. The number of hydrazone groups is 1. The lowest BCUT2D eigenvalue weighted by Crippen LogP contribution is -2.38. The molecule has 0 bridgehead atoms. The summed E-state index contributed by atoms with van der Waals surface area (Å²) in [7, 11) is 1.96. The minimum atomic E-state index is 0.914. The van der Waals surface area contributed by atoms with E-state index in [9.17, 15) is 0 Å². The summed E-state index contributed by atoms with van der Waals surface area (Å²) in [5, 5.41) is 7.70. The number of hydrogen-bond acceptors (Lipinski definition) is 2. The first-order valence-electron chi connectivity index (χ1n) is 7.54. The van der Waals surface area contributed by atoms with Crippen molar-refractivity contribution in [2.75, 3.05) is 12.1 Å². The van der Waals surface area contributed by atoms with Gasteiger partial charge in [0.2, 0.25) is 11.2 Å². The molecular weight excluding hydrogens is 270 g/mol. The van der Waals surface area contributed by atoms with E-state index in [4.69, 9.17) is 0 Å². The van der Waals surface area contributed by atoms with Gasteiger partial charge in [0.1, 0.15) is 12.8 Å². The number of para-hydroxylation sites is 2. The van der Waals surface area contributed by atoms with Gasteiger partial charge in [0.15, 0.2) is 0 Å². The van der Waals surface area contributed by atoms with Crippen molar-refractivity contribution < 1.29 is 4.57 Å². The van der Waals surface area contributed by atoms with Gasteiger partial charge in [-0.15, -0.1) is 0 Å². The Labute approximate surface area is 131 Å². The average Bonchev–Trinajstić information content (AvgIpc) is 2.59. The maximum atomic E-state index is 4.57. The minimum Gasteiger partial charge on any atom is -0.268 e. The third-order valence-corrected chi connectivity index (χ3v) is 3.78. The van der Waals surface area contributed by atoms with Crippen molar-refractivity contribution in [3.05, 3.63) is 72.4 Å². The predicted molar refractivity (Wildman–Crippen MR) is 92.3 cm³/mol. The van der Waals surface area contributed by atoms with Gasteiger partial charge in [-0.3, -0.25) is 5.01 Å². The van der Waals surface area contributed by atoms with Gasteiger partial charge in [-0.25, -0.2) is 0 Å². The number of pyridine rings is 1. The summed E-state index contributed by atoms with van der Waals surface area (Å²) in [4.78, 5) is 0. The fraction of sp³-hybridized carbons (Fsp3) is 0.158. The lowest BCUT2D eigenvalue weighted by atomic mass is 10.2. The van der Waals surface area contributed by atoms with Crippen molar-refractivity contribution in [1.29, 1.82) is 0 Å². The Bertz CT molecular complexity index is 794. The molecule has 0 aliphatic rings. The summed E-state index contributed by atoms with van der Waals surface area (Å²) in [6, 6.07) is 22.8. The SMILES string of the molecule is CC[n+]1c(C=NN(C)c2ccccc2)ccc2ccccc21. The van der Waals surface area contributed by atoms with Crippen LogP contribution < -0.4 is 9.58 Å². The molecule has 0 spiro atoms. The summed E-state index contributed by atoms with van der Waals surface area (Å²) in [5.74, 6) is 0. The van der Waals surface area contributed by atoms with Gasteiger partial charge in [0.25, 0.3) is 0 Å². The van der Waals surface area contributed by atoms with Gasteiger partial charge in [0, 0.05) is 24.6 Å². The molecule has 1 aromatic heterocycles. The number of anilines is 1. The summed E-state index contributed by atoms with van der Waals surface area (Å²) in [6.45, 7) is 3.07. The third kappa shape index (κ3) is 2.84. The van der Waals surface area contributed by atoms with Gasteiger partial charge in [-0.05, 0) is 31.2 Å². The van der Waals surface area contributed by atoms with Crippen LogP contribution in [0.3, 0.4) is 0 Å². The fourth-order valence-electron chi connectivity index (χ4n) is 2.60. The van der Waals surface area contributed by atoms with Crippen molar-refractivity contribution >= 4 is 22.8 Å². The first-order valence-corrected chi connectivity index (χ1v) is 7.54. The van der Waals surface area contributed by atoms with E-state index in [1.54, 1.807) is 0 Å². The Kier molecular flexibility index (Phi) is 4.15. The molecule has 0 atom stereocenters. The molecule has 110 valence electrons. The van der Waals surface area contributed by atoms with E-state index in [0.717, 1.165) is 17.9 Å². The maximum absolute atomic E-state index is 4.57. The Balaban J connectivity index is 1.95. The van der Waals surface area contributed by atoms with Crippen LogP contribution >= 0.6 is 0 Å². The van der Waals surface area contributed by atoms with E-state index < -0.39 is 0 Å². The highest BCUT2D eigenvalue weighted by atomic mass is 15.4. The summed E-state index contributed by atoms with van der Waals surface area (Å²) < 4.78 is 2.28. The molecule has 0 unspecified atom stereocenters. The summed E-state index contributed by atoms with van der Waals surface area (Å²) in [6.07, 6.45) is 1.92. The number of hydrogen-bond donors (Lipinski definition) is 0. The Hall–Kier alpha value is -2.68. The highest BCUT2D eigenvalue weighted by molar-refractivity contribution is 5.81. The van der Waals surface area contributed by atoms with Crippen molar-refractivity contribution in [1.82, 2.24) is 0 Å². The van der Waals surface area contributed by atoms with E-state index in [1.807, 2.05) is 48.6 Å². The monoisotopic (exact) mass is 290 g/mol. The molecule has 0 radical (unpaired) electrons. The lowest BCUT2D eigenvalue weighted by molar-refractivity contribution is -0.668. The van der Waals surface area contributed by atoms with Gasteiger partial charge in [0.05, 0.1) is 5.69 Å². The van der Waals surface area contributed by atoms with Crippen LogP contribution in [0.1, 0.15) is 12.6 Å². The molecule has 1 heterocycles. The summed E-state index contributed by atoms with van der Waals surface area (Å²) >= 11 is 0. The predicted octanol–water partition coefficient (Wildman–Crippen LogP) is 3.62. The molecule has 3 rings (SSSR count). The van der Waals surface area contributed by atoms with Crippen LogP contribution in [0.15, 0.2) is 71.8 Å². The minimum absolute atomic E-state index is 0.914. The summed E-state index contributed by atoms with van der Waals surface area (Å²) in [5.41, 5.74) is 3.41. The number of nitrogens with zero attached hydrogens (tertiary/aromatic N) is 3. The van der Waals surface area contributed by atoms with Gasteiger partial charge in [-0.2, -0.15) is 9.67 Å². The molecule has 0 saturated heterocycles. The van der Waals surface area contributed by atoms with Crippen molar-refractivity contribution in [2.24, 2.45) is 5.10 Å². The Morgan fingerprint density at radius 2 is 1.68 bits per heavy atom. The molecule has 0 N–H and O–H groups in total. The van der Waals surface area contributed by atoms with Crippen molar-refractivity contribution in [3.8, 4) is 0 Å². The molecule has 0 saturated carbocycles. The lowest BCUT2D eigenvalue weighted by Gasteiger charge is -2.11. The van der Waals surface area contributed by atoms with E-state index in [2.05, 4.69) is 53.0 Å². The number of rotatable bonds is 4. The first kappa shape index (κ1) is 14.3. The average molecular weight is 290 g/mol. The quantitative estimate of drug-likeness (QED) is 0.408. The maximum Gasteiger partial charge on any atom is 0.225 e. The van der Waals surface area contributed by atoms with Crippen LogP contribution in [0.25, 0.3) is 10.9 Å². The third-order valence-electron chi connectivity index (χ3n) is 3.78. The highest BCUT2D eigenvalue weighted by Gasteiger charge is 2.12. The van der Waals surface area contributed by atoms with E-state index in [0.29, 0.717) is 0 Å². The molecule has 0 aliphatic heterocycles. The van der Waals surface area contributed by atoms with E-state index in [-0.39, 0.29) is 0 Å². The molecule has 0 fully saturated rings. The zero-order valence-corrected chi connectivity index (χ0v) is 13.0. The number of benzene rings is 2. The van der Waals surface area contributed by atoms with Gasteiger partial charge < -0.3 is 0 Å². The standard InChI is InChI=1S/C19H20N3/c1-3-22-18(14-13-16-9-7-8-12-19(16)22)15-20-21(2)17-10-5-4-6-11-17/h4-15H,3H2,1-2H3/q+1. The van der Waals surface area contributed by atoms with Crippen molar-refractivity contribution in [3.63, 3.8) is 0 Å². The molecular formula is C19H20N3+. The number of aromatic nitrogens is 1. The molecule has 3 aromatic rings. The van der Waals surface area contributed by atoms with Crippen molar-refractivity contribution in [2.45, 2.75) is 13.5 Å². The highest BCUT2D eigenvalue weighted by Crippen LogP contribution is 2.12. The van der Waals surface area contributed by atoms with E-state index in [1.165, 1.54) is 10.9 Å². The molecule has 0 amide bonds. The second kappa shape index (κ2) is 6.39. The van der Waals surface area contributed by atoms with Crippen LogP contribution in [0.2, 0.25) is 0 Å². The first-order chi connectivity index (χ1) is 10.8. The fourth-order valence-corrected chi connectivity index (χ4v) is 2.60. The molecule has 3 heteroatoms. The zero-order valence-electron chi connectivity index (χ0n) is 13.0. The second-order valence-corrected chi connectivity index (χ2v) is 5.16. The van der Waals surface area contributed by atoms with Crippen LogP contribution in [0.5, 0.6) is 0 Å². The number of fused-ring (bicyclic) bond motifs is 1. The zero-order chi connectivity index (χ0) is 15.4. The van der Waals surface area contributed by atoms with Crippen LogP contribution in [-0.2, 0) is 6.54 Å². The number of aryl methyl sites for hydroxylation is 1. The van der Waals surface area contributed by atoms with Gasteiger partial charge >= 0.3 is 0 Å². The second-order valence-electron chi connectivity index (χ2n) is 5.16. The Morgan fingerprint density at radius 3 is 2.45 bits per heavy atom.